The van der Waals surface area contributed by atoms with Gasteiger partial charge in [0.2, 0.25) is 5.91 Å². The van der Waals surface area contributed by atoms with Crippen molar-refractivity contribution in [3.8, 4) is 0 Å². The molecule has 2 aliphatic carbocycles. The summed E-state index contributed by atoms with van der Waals surface area (Å²) in [5.74, 6) is 0.768. The first kappa shape index (κ1) is 16.0. The van der Waals surface area contributed by atoms with Crippen LogP contribution in [0, 0.1) is 23.6 Å². The van der Waals surface area contributed by atoms with Gasteiger partial charge in [-0.3, -0.25) is 9.59 Å². The Bertz CT molecular complexity index is 604. The monoisotopic (exact) mass is 318 g/mol. The Hall–Kier alpha value is -1.91. The van der Waals surface area contributed by atoms with Crippen molar-refractivity contribution >= 4 is 11.8 Å². The summed E-state index contributed by atoms with van der Waals surface area (Å²) in [6, 6.07) is 5.88. The summed E-state index contributed by atoms with van der Waals surface area (Å²) < 4.78 is 13.5. The molecule has 2 bridgehead atoms. The molecule has 23 heavy (non-hydrogen) atoms. The highest BCUT2D eigenvalue weighted by molar-refractivity contribution is 5.96. The van der Waals surface area contributed by atoms with E-state index in [1.54, 1.807) is 6.07 Å². The van der Waals surface area contributed by atoms with Gasteiger partial charge in [-0.15, -0.1) is 0 Å². The second-order valence-corrected chi connectivity index (χ2v) is 6.86. The summed E-state index contributed by atoms with van der Waals surface area (Å²) >= 11 is 0. The molecule has 4 atom stereocenters. The van der Waals surface area contributed by atoms with E-state index in [1.807, 2.05) is 6.92 Å². The lowest BCUT2D eigenvalue weighted by Crippen LogP contribution is -2.44. The summed E-state index contributed by atoms with van der Waals surface area (Å²) in [5.41, 5.74) is -0.0403. The number of rotatable bonds is 5. The fourth-order valence-corrected chi connectivity index (χ4v) is 4.22. The van der Waals surface area contributed by atoms with Crippen molar-refractivity contribution in [3.05, 3.63) is 35.6 Å². The average molecular weight is 318 g/mol. The predicted octanol–water partition coefficient (Wildman–Crippen LogP) is 2.50. The summed E-state index contributed by atoms with van der Waals surface area (Å²) in [6.45, 7) is 1.92. The number of halogens is 1. The number of fused-ring (bicyclic) bond motifs is 2. The molecule has 3 rings (SSSR count). The maximum atomic E-state index is 13.5. The van der Waals surface area contributed by atoms with Crippen molar-refractivity contribution in [1.82, 2.24) is 10.6 Å². The lowest BCUT2D eigenvalue weighted by Gasteiger charge is -2.28. The van der Waals surface area contributed by atoms with Crippen molar-refractivity contribution in [1.29, 1.82) is 0 Å². The standard InChI is InChI=1S/C18H23FN2O2/c1-11(15-9-12-6-7-13(15)8-12)21-17(22)10-20-18(23)14-4-2-3-5-16(14)19/h2-5,11-13,15H,6-10H2,1H3,(H,20,23)(H,21,22). The molecule has 0 radical (unpaired) electrons. The van der Waals surface area contributed by atoms with Gasteiger partial charge < -0.3 is 10.6 Å². The van der Waals surface area contributed by atoms with Crippen LogP contribution in [0.1, 0.15) is 43.0 Å². The molecule has 2 saturated carbocycles. The van der Waals surface area contributed by atoms with E-state index in [-0.39, 0.29) is 24.1 Å². The number of carbonyl (C=O) groups excluding carboxylic acids is 2. The molecule has 2 amide bonds. The smallest absolute Gasteiger partial charge is 0.254 e. The summed E-state index contributed by atoms with van der Waals surface area (Å²) in [7, 11) is 0. The predicted molar refractivity (Wildman–Crippen MR) is 85.3 cm³/mol. The van der Waals surface area contributed by atoms with Crippen LogP contribution in [-0.4, -0.2) is 24.4 Å². The number of benzene rings is 1. The third-order valence-electron chi connectivity index (χ3n) is 5.35. The lowest BCUT2D eigenvalue weighted by molar-refractivity contribution is -0.121. The summed E-state index contributed by atoms with van der Waals surface area (Å²) in [5, 5.41) is 5.46. The second kappa shape index (κ2) is 6.69. The van der Waals surface area contributed by atoms with E-state index in [1.165, 1.54) is 43.9 Å². The van der Waals surface area contributed by atoms with Gasteiger partial charge in [0.1, 0.15) is 5.82 Å². The highest BCUT2D eigenvalue weighted by Gasteiger charge is 2.42. The van der Waals surface area contributed by atoms with Crippen LogP contribution in [0.5, 0.6) is 0 Å². The normalized spacial score (nSPS) is 26.8. The topological polar surface area (TPSA) is 58.2 Å². The van der Waals surface area contributed by atoms with Crippen LogP contribution < -0.4 is 10.6 Å². The Kier molecular flexibility index (Phi) is 4.64. The van der Waals surface area contributed by atoms with Crippen molar-refractivity contribution in [2.24, 2.45) is 17.8 Å². The fourth-order valence-electron chi connectivity index (χ4n) is 4.22. The van der Waals surface area contributed by atoms with Gasteiger partial charge in [-0.05, 0) is 56.1 Å². The maximum absolute atomic E-state index is 13.5. The van der Waals surface area contributed by atoms with Crippen LogP contribution in [0.4, 0.5) is 4.39 Å². The van der Waals surface area contributed by atoms with Gasteiger partial charge >= 0.3 is 0 Å². The van der Waals surface area contributed by atoms with Crippen LogP contribution in [0.3, 0.4) is 0 Å². The molecular weight excluding hydrogens is 295 g/mol. The number of hydrogen-bond acceptors (Lipinski definition) is 2. The minimum absolute atomic E-state index is 0.0403. The lowest BCUT2D eigenvalue weighted by atomic mass is 9.84. The minimum Gasteiger partial charge on any atom is -0.352 e. The zero-order valence-electron chi connectivity index (χ0n) is 13.3. The zero-order chi connectivity index (χ0) is 16.4. The molecule has 5 heteroatoms. The third-order valence-corrected chi connectivity index (χ3v) is 5.35. The van der Waals surface area contributed by atoms with Crippen molar-refractivity contribution in [2.45, 2.75) is 38.6 Å². The molecule has 2 aliphatic rings. The summed E-state index contributed by atoms with van der Waals surface area (Å²) in [6.07, 6.45) is 5.11. The second-order valence-electron chi connectivity index (χ2n) is 6.86. The molecule has 0 heterocycles. The van der Waals surface area contributed by atoms with Crippen LogP contribution in [-0.2, 0) is 4.79 Å². The first-order chi connectivity index (χ1) is 11.0. The molecule has 0 aromatic heterocycles. The van der Waals surface area contributed by atoms with Crippen LogP contribution in [0.2, 0.25) is 0 Å². The molecule has 0 spiro atoms. The quantitative estimate of drug-likeness (QED) is 0.876. The maximum Gasteiger partial charge on any atom is 0.254 e. The first-order valence-corrected chi connectivity index (χ1v) is 8.36. The largest absolute Gasteiger partial charge is 0.352 e. The van der Waals surface area contributed by atoms with E-state index in [0.29, 0.717) is 5.92 Å². The average Bonchev–Trinajstić information content (AvgIpc) is 3.16. The number of carbonyl (C=O) groups is 2. The third kappa shape index (κ3) is 3.54. The molecule has 0 saturated heterocycles. The van der Waals surface area contributed by atoms with E-state index in [4.69, 9.17) is 0 Å². The van der Waals surface area contributed by atoms with E-state index < -0.39 is 11.7 Å². The Morgan fingerprint density at radius 1 is 1.26 bits per heavy atom. The van der Waals surface area contributed by atoms with Gasteiger partial charge in [0, 0.05) is 6.04 Å². The van der Waals surface area contributed by atoms with Gasteiger partial charge in [0.05, 0.1) is 12.1 Å². The first-order valence-electron chi connectivity index (χ1n) is 8.36. The molecule has 2 N–H and O–H groups in total. The SMILES string of the molecule is CC(NC(=O)CNC(=O)c1ccccc1F)C1CC2CCC1C2. The van der Waals surface area contributed by atoms with Crippen molar-refractivity contribution in [2.75, 3.05) is 6.54 Å². The molecule has 2 fully saturated rings. The highest BCUT2D eigenvalue weighted by atomic mass is 19.1. The van der Waals surface area contributed by atoms with Gasteiger partial charge in [-0.2, -0.15) is 0 Å². The van der Waals surface area contributed by atoms with E-state index in [0.717, 1.165) is 11.8 Å². The Morgan fingerprint density at radius 2 is 2.04 bits per heavy atom. The Morgan fingerprint density at radius 3 is 2.70 bits per heavy atom. The van der Waals surface area contributed by atoms with Crippen LogP contribution in [0.15, 0.2) is 24.3 Å². The molecule has 124 valence electrons. The van der Waals surface area contributed by atoms with Gasteiger partial charge in [-0.1, -0.05) is 18.6 Å². The van der Waals surface area contributed by atoms with E-state index in [9.17, 15) is 14.0 Å². The number of nitrogens with one attached hydrogen (secondary N) is 2. The fraction of sp³-hybridized carbons (Fsp3) is 0.556. The minimum atomic E-state index is -0.583. The number of amides is 2. The van der Waals surface area contributed by atoms with Crippen molar-refractivity contribution in [3.63, 3.8) is 0 Å². The zero-order valence-corrected chi connectivity index (χ0v) is 13.3. The van der Waals surface area contributed by atoms with Crippen LogP contribution in [0.25, 0.3) is 0 Å². The number of hydrogen-bond donors (Lipinski definition) is 2. The molecule has 1 aromatic carbocycles. The highest BCUT2D eigenvalue weighted by Crippen LogP contribution is 2.49. The molecule has 4 nitrogen and oxygen atoms in total. The van der Waals surface area contributed by atoms with Gasteiger partial charge in [0.25, 0.3) is 5.91 Å². The summed E-state index contributed by atoms with van der Waals surface area (Å²) in [4.78, 5) is 23.9. The van der Waals surface area contributed by atoms with E-state index >= 15 is 0 Å². The van der Waals surface area contributed by atoms with Crippen molar-refractivity contribution < 1.29 is 14.0 Å². The van der Waals surface area contributed by atoms with Crippen LogP contribution >= 0.6 is 0 Å². The molecular formula is C18H23FN2O2. The molecule has 1 aromatic rings. The molecule has 4 unspecified atom stereocenters. The van der Waals surface area contributed by atoms with Gasteiger partial charge in [0.15, 0.2) is 0 Å². The molecule has 0 aliphatic heterocycles. The Labute approximate surface area is 135 Å². The van der Waals surface area contributed by atoms with E-state index in [2.05, 4.69) is 10.6 Å². The Balaban J connectivity index is 1.46. The van der Waals surface area contributed by atoms with Gasteiger partial charge in [-0.25, -0.2) is 4.39 Å².